The molecule has 0 spiro atoms. The van der Waals surface area contributed by atoms with Crippen molar-refractivity contribution in [2.75, 3.05) is 31.6 Å². The molecular formula is C14H24N4O4S. The number of likely N-dealkylation sites (tertiary alicyclic amines) is 1. The summed E-state index contributed by atoms with van der Waals surface area (Å²) < 4.78 is 27.3. The summed E-state index contributed by atoms with van der Waals surface area (Å²) in [5, 5.41) is 3.84. The third-order valence-electron chi connectivity index (χ3n) is 3.96. The molecule has 130 valence electrons. The van der Waals surface area contributed by atoms with Gasteiger partial charge in [-0.15, -0.1) is 0 Å². The van der Waals surface area contributed by atoms with Crippen molar-refractivity contribution in [2.24, 2.45) is 0 Å². The van der Waals surface area contributed by atoms with Crippen LogP contribution in [0.25, 0.3) is 0 Å². The van der Waals surface area contributed by atoms with E-state index in [4.69, 9.17) is 4.52 Å². The molecule has 0 saturated carbocycles. The minimum atomic E-state index is -2.92. The fourth-order valence-electron chi connectivity index (χ4n) is 2.88. The number of nitrogens with zero attached hydrogens (tertiary/aromatic N) is 4. The molecule has 1 amide bonds. The fourth-order valence-corrected chi connectivity index (χ4v) is 3.53. The molecule has 9 heteroatoms. The summed E-state index contributed by atoms with van der Waals surface area (Å²) in [6, 6.07) is 0.101. The van der Waals surface area contributed by atoms with Gasteiger partial charge in [-0.2, -0.15) is 4.98 Å². The quantitative estimate of drug-likeness (QED) is 0.699. The Morgan fingerprint density at radius 3 is 2.78 bits per heavy atom. The maximum Gasteiger partial charge on any atom is 0.223 e. The van der Waals surface area contributed by atoms with E-state index in [0.717, 1.165) is 26.1 Å². The second-order valence-corrected chi connectivity index (χ2v) is 8.36. The Balaban J connectivity index is 1.88. The minimum absolute atomic E-state index is 0.0181. The van der Waals surface area contributed by atoms with E-state index in [2.05, 4.69) is 15.0 Å². The predicted molar refractivity (Wildman–Crippen MR) is 84.4 cm³/mol. The van der Waals surface area contributed by atoms with Crippen molar-refractivity contribution in [2.45, 2.75) is 39.3 Å². The van der Waals surface area contributed by atoms with Crippen molar-refractivity contribution in [1.29, 1.82) is 0 Å². The van der Waals surface area contributed by atoms with Gasteiger partial charge in [0.25, 0.3) is 0 Å². The van der Waals surface area contributed by atoms with Gasteiger partial charge in [0.05, 0.1) is 12.3 Å². The summed E-state index contributed by atoms with van der Waals surface area (Å²) in [5.41, 5.74) is 0. The first-order chi connectivity index (χ1) is 10.7. The average Bonchev–Trinajstić information content (AvgIpc) is 3.03. The molecule has 1 fully saturated rings. The highest BCUT2D eigenvalue weighted by atomic mass is 32.2. The highest BCUT2D eigenvalue weighted by Gasteiger charge is 2.30. The molecule has 23 heavy (non-hydrogen) atoms. The van der Waals surface area contributed by atoms with Gasteiger partial charge >= 0.3 is 0 Å². The Morgan fingerprint density at radius 2 is 2.22 bits per heavy atom. The monoisotopic (exact) mass is 344 g/mol. The molecule has 1 aliphatic rings. The van der Waals surface area contributed by atoms with E-state index in [1.165, 1.54) is 6.26 Å². The van der Waals surface area contributed by atoms with E-state index in [1.54, 1.807) is 18.7 Å². The van der Waals surface area contributed by atoms with Gasteiger partial charge in [-0.25, -0.2) is 8.42 Å². The van der Waals surface area contributed by atoms with Crippen molar-refractivity contribution < 1.29 is 17.7 Å². The van der Waals surface area contributed by atoms with Gasteiger partial charge in [0.1, 0.15) is 9.84 Å². The topological polar surface area (TPSA) is 96.6 Å². The van der Waals surface area contributed by atoms with Gasteiger partial charge in [-0.3, -0.25) is 4.79 Å². The van der Waals surface area contributed by atoms with Crippen molar-refractivity contribution in [3.05, 3.63) is 11.7 Å². The van der Waals surface area contributed by atoms with Crippen LogP contribution in [0.3, 0.4) is 0 Å². The zero-order valence-corrected chi connectivity index (χ0v) is 14.7. The van der Waals surface area contributed by atoms with Crippen molar-refractivity contribution >= 4 is 15.7 Å². The number of amides is 1. The van der Waals surface area contributed by atoms with Crippen molar-refractivity contribution in [3.8, 4) is 0 Å². The van der Waals surface area contributed by atoms with Crippen LogP contribution in [-0.2, 0) is 21.2 Å². The Labute approximate surface area is 136 Å². The summed E-state index contributed by atoms with van der Waals surface area (Å²) in [6.45, 7) is 5.95. The number of hydrogen-bond donors (Lipinski definition) is 0. The third-order valence-corrected chi connectivity index (χ3v) is 4.99. The van der Waals surface area contributed by atoms with Gasteiger partial charge in [0.15, 0.2) is 5.82 Å². The highest BCUT2D eigenvalue weighted by Crippen LogP contribution is 2.18. The Bertz CT molecular complexity index is 643. The standard InChI is InChI=1S/C14H24N4O4S/c1-11-15-14(16-22-11)10-18(12(2)19)13-5-7-17(9-13)6-4-8-23(3,20)21/h13H,4-10H2,1-3H3. The van der Waals surface area contributed by atoms with Crippen molar-refractivity contribution in [1.82, 2.24) is 19.9 Å². The maximum absolute atomic E-state index is 11.9. The predicted octanol–water partition coefficient (Wildman–Crippen LogP) is 0.236. The lowest BCUT2D eigenvalue weighted by Gasteiger charge is -2.27. The summed E-state index contributed by atoms with van der Waals surface area (Å²) in [7, 11) is -2.92. The van der Waals surface area contributed by atoms with Gasteiger partial charge in [0.2, 0.25) is 11.8 Å². The van der Waals surface area contributed by atoms with E-state index in [9.17, 15) is 13.2 Å². The van der Waals surface area contributed by atoms with Crippen LogP contribution in [0.2, 0.25) is 0 Å². The first-order valence-electron chi connectivity index (χ1n) is 7.71. The van der Waals surface area contributed by atoms with E-state index in [1.807, 2.05) is 0 Å². The number of hydrogen-bond acceptors (Lipinski definition) is 7. The molecule has 1 aliphatic heterocycles. The largest absolute Gasteiger partial charge is 0.340 e. The first-order valence-corrected chi connectivity index (χ1v) is 9.77. The molecule has 0 bridgehead atoms. The van der Waals surface area contributed by atoms with E-state index >= 15 is 0 Å². The highest BCUT2D eigenvalue weighted by molar-refractivity contribution is 7.90. The molecule has 0 aromatic carbocycles. The Morgan fingerprint density at radius 1 is 1.48 bits per heavy atom. The minimum Gasteiger partial charge on any atom is -0.340 e. The lowest BCUT2D eigenvalue weighted by Crippen LogP contribution is -2.40. The zero-order valence-electron chi connectivity index (χ0n) is 13.9. The van der Waals surface area contributed by atoms with Crippen LogP contribution < -0.4 is 0 Å². The van der Waals surface area contributed by atoms with Gasteiger partial charge in [-0.05, 0) is 19.4 Å². The SMILES string of the molecule is CC(=O)N(Cc1noc(C)n1)C1CCN(CCCS(C)(=O)=O)C1. The number of rotatable bonds is 7. The molecule has 1 aromatic heterocycles. The molecule has 0 aliphatic carbocycles. The number of aryl methyl sites for hydroxylation is 1. The van der Waals surface area contributed by atoms with E-state index < -0.39 is 9.84 Å². The smallest absolute Gasteiger partial charge is 0.223 e. The lowest BCUT2D eigenvalue weighted by atomic mass is 10.2. The molecule has 2 rings (SSSR count). The molecule has 8 nitrogen and oxygen atoms in total. The fraction of sp³-hybridized carbons (Fsp3) is 0.786. The van der Waals surface area contributed by atoms with Crippen LogP contribution in [0.4, 0.5) is 0 Å². The summed E-state index contributed by atoms with van der Waals surface area (Å²) in [4.78, 5) is 20.1. The summed E-state index contributed by atoms with van der Waals surface area (Å²) in [5.74, 6) is 1.17. The second kappa shape index (κ2) is 7.39. The number of carbonyl (C=O) groups is 1. The molecule has 0 N–H and O–H groups in total. The zero-order chi connectivity index (χ0) is 17.0. The van der Waals surface area contributed by atoms with Crippen LogP contribution in [0, 0.1) is 6.92 Å². The Hall–Kier alpha value is -1.48. The molecule has 1 atom stereocenters. The maximum atomic E-state index is 11.9. The summed E-state index contributed by atoms with van der Waals surface area (Å²) >= 11 is 0. The first kappa shape index (κ1) is 17.9. The van der Waals surface area contributed by atoms with E-state index in [0.29, 0.717) is 24.7 Å². The van der Waals surface area contributed by atoms with E-state index in [-0.39, 0.29) is 17.7 Å². The third kappa shape index (κ3) is 5.58. The van der Waals surface area contributed by atoms with Crippen LogP contribution >= 0.6 is 0 Å². The van der Waals surface area contributed by atoms with Crippen LogP contribution in [0.1, 0.15) is 31.5 Å². The van der Waals surface area contributed by atoms with Crippen LogP contribution in [0.5, 0.6) is 0 Å². The molecular weight excluding hydrogens is 320 g/mol. The van der Waals surface area contributed by atoms with Crippen LogP contribution in [0.15, 0.2) is 4.52 Å². The molecule has 1 unspecified atom stereocenters. The molecule has 1 aromatic rings. The molecule has 0 radical (unpaired) electrons. The van der Waals surface area contributed by atoms with Gasteiger partial charge in [0, 0.05) is 39.2 Å². The molecule has 2 heterocycles. The van der Waals surface area contributed by atoms with Gasteiger partial charge in [-0.1, -0.05) is 5.16 Å². The lowest BCUT2D eigenvalue weighted by molar-refractivity contribution is -0.131. The number of carbonyl (C=O) groups excluding carboxylic acids is 1. The number of sulfone groups is 1. The second-order valence-electron chi connectivity index (χ2n) is 6.10. The summed E-state index contributed by atoms with van der Waals surface area (Å²) in [6.07, 6.45) is 2.75. The normalized spacial score (nSPS) is 19.2. The average molecular weight is 344 g/mol. The van der Waals surface area contributed by atoms with Crippen molar-refractivity contribution in [3.63, 3.8) is 0 Å². The number of aromatic nitrogens is 2. The Kier molecular flexibility index (Phi) is 5.74. The van der Waals surface area contributed by atoms with Gasteiger partial charge < -0.3 is 14.3 Å². The molecule has 1 saturated heterocycles. The van der Waals surface area contributed by atoms with Crippen LogP contribution in [-0.4, -0.2) is 72.0 Å².